The summed E-state index contributed by atoms with van der Waals surface area (Å²) in [4.78, 5) is 13.7. The number of piperidine rings is 1. The average Bonchev–Trinajstić information content (AvgIpc) is 3.21. The molecule has 7 heteroatoms. The molecule has 1 saturated heterocycles. The monoisotopic (exact) mass is 407 g/mol. The van der Waals surface area contributed by atoms with Gasteiger partial charge in [0.2, 0.25) is 11.6 Å². The Balaban J connectivity index is 1.54. The van der Waals surface area contributed by atoms with Crippen LogP contribution < -0.4 is 9.47 Å². The third kappa shape index (κ3) is 2.88. The van der Waals surface area contributed by atoms with Crippen molar-refractivity contribution in [1.29, 1.82) is 0 Å². The van der Waals surface area contributed by atoms with Crippen molar-refractivity contribution in [3.05, 3.63) is 53.6 Å². The maximum Gasteiger partial charge on any atom is 0.219 e. The van der Waals surface area contributed by atoms with E-state index in [9.17, 15) is 9.90 Å². The van der Waals surface area contributed by atoms with Crippen molar-refractivity contribution in [3.8, 4) is 17.2 Å². The van der Waals surface area contributed by atoms with E-state index >= 15 is 0 Å². The first-order valence-electron chi connectivity index (χ1n) is 10.3. The number of aromatic hydroxyl groups is 1. The van der Waals surface area contributed by atoms with Gasteiger partial charge in [0.05, 0.1) is 18.9 Å². The summed E-state index contributed by atoms with van der Waals surface area (Å²) in [6.45, 7) is 2.92. The molecule has 1 spiro atoms. The lowest BCUT2D eigenvalue weighted by atomic mass is 9.90. The number of ether oxygens (including phenoxy) is 2. The summed E-state index contributed by atoms with van der Waals surface area (Å²) in [6, 6.07) is 13.5. The number of likely N-dealkylation sites (tertiary alicyclic amines) is 1. The number of hydrogen-bond donors (Lipinski definition) is 1. The topological polar surface area (TPSA) is 74.6 Å². The summed E-state index contributed by atoms with van der Waals surface area (Å²) in [6.07, 6.45) is 2.15. The first-order chi connectivity index (χ1) is 14.5. The van der Waals surface area contributed by atoms with Crippen molar-refractivity contribution in [1.82, 2.24) is 9.91 Å². The minimum Gasteiger partial charge on any atom is -0.504 e. The van der Waals surface area contributed by atoms with Crippen molar-refractivity contribution >= 4 is 11.6 Å². The van der Waals surface area contributed by atoms with Crippen LogP contribution in [0, 0.1) is 0 Å². The zero-order chi connectivity index (χ0) is 20.9. The van der Waals surface area contributed by atoms with Gasteiger partial charge in [0, 0.05) is 50.4 Å². The highest BCUT2D eigenvalue weighted by atomic mass is 16.5. The van der Waals surface area contributed by atoms with E-state index in [-0.39, 0.29) is 17.7 Å². The SMILES string of the molecule is COc1cc(C2=NN3[C@H](C2)c2ccccc2OC32CCN(C(C)=O)CC2)ccc1O. The van der Waals surface area contributed by atoms with Crippen molar-refractivity contribution in [2.24, 2.45) is 5.10 Å². The normalized spacial score (nSPS) is 21.5. The van der Waals surface area contributed by atoms with Gasteiger partial charge in [-0.15, -0.1) is 0 Å². The molecule has 3 aliphatic rings. The van der Waals surface area contributed by atoms with E-state index in [1.165, 1.54) is 0 Å². The molecule has 3 heterocycles. The van der Waals surface area contributed by atoms with Crippen LogP contribution >= 0.6 is 0 Å². The molecular formula is C23H25N3O4. The maximum atomic E-state index is 11.8. The van der Waals surface area contributed by atoms with Gasteiger partial charge in [-0.2, -0.15) is 5.10 Å². The number of hydrazone groups is 1. The number of hydrogen-bond acceptors (Lipinski definition) is 6. The molecule has 30 heavy (non-hydrogen) atoms. The largest absolute Gasteiger partial charge is 0.504 e. The third-order valence-electron chi connectivity index (χ3n) is 6.41. The Bertz CT molecular complexity index is 1030. The van der Waals surface area contributed by atoms with Crippen LogP contribution in [0.3, 0.4) is 0 Å². The predicted molar refractivity (Wildman–Crippen MR) is 112 cm³/mol. The lowest BCUT2D eigenvalue weighted by molar-refractivity contribution is -0.158. The second-order valence-corrected chi connectivity index (χ2v) is 8.09. The van der Waals surface area contributed by atoms with E-state index < -0.39 is 5.72 Å². The van der Waals surface area contributed by atoms with E-state index in [0.29, 0.717) is 31.7 Å². The number of amides is 1. The highest BCUT2D eigenvalue weighted by molar-refractivity contribution is 6.02. The second kappa shape index (κ2) is 6.93. The molecule has 0 radical (unpaired) electrons. The molecule has 0 bridgehead atoms. The Kier molecular flexibility index (Phi) is 4.34. The smallest absolute Gasteiger partial charge is 0.219 e. The van der Waals surface area contributed by atoms with Crippen LogP contribution in [0.15, 0.2) is 47.6 Å². The van der Waals surface area contributed by atoms with Crippen LogP contribution in [0.5, 0.6) is 17.2 Å². The number of phenols is 1. The Hall–Kier alpha value is -3.22. The molecule has 1 atom stereocenters. The molecule has 1 fully saturated rings. The predicted octanol–water partition coefficient (Wildman–Crippen LogP) is 3.28. The Labute approximate surface area is 175 Å². The molecule has 0 saturated carbocycles. The number of benzene rings is 2. The molecular weight excluding hydrogens is 382 g/mol. The molecule has 0 unspecified atom stereocenters. The van der Waals surface area contributed by atoms with E-state index in [2.05, 4.69) is 11.1 Å². The Morgan fingerprint density at radius 1 is 1.23 bits per heavy atom. The second-order valence-electron chi connectivity index (χ2n) is 8.09. The molecule has 156 valence electrons. The first-order valence-corrected chi connectivity index (χ1v) is 10.3. The van der Waals surface area contributed by atoms with Crippen molar-refractivity contribution in [2.75, 3.05) is 20.2 Å². The summed E-state index contributed by atoms with van der Waals surface area (Å²) < 4.78 is 11.9. The van der Waals surface area contributed by atoms with Gasteiger partial charge < -0.3 is 19.5 Å². The quantitative estimate of drug-likeness (QED) is 0.827. The standard InChI is InChI=1S/C23H25N3O4/c1-15(27)25-11-9-23(10-12-25)26-19(17-5-3-4-6-21(17)30-23)14-18(24-26)16-7-8-20(28)22(13-16)29-2/h3-8,13,19,28H,9-12,14H2,1-2H3/t19-/m1/s1. The summed E-state index contributed by atoms with van der Waals surface area (Å²) in [5.41, 5.74) is 2.43. The summed E-state index contributed by atoms with van der Waals surface area (Å²) in [7, 11) is 1.54. The first kappa shape index (κ1) is 18.8. The fraction of sp³-hybridized carbons (Fsp3) is 0.391. The zero-order valence-corrected chi connectivity index (χ0v) is 17.2. The van der Waals surface area contributed by atoms with Gasteiger partial charge in [-0.1, -0.05) is 18.2 Å². The van der Waals surface area contributed by atoms with Crippen LogP contribution in [-0.4, -0.2) is 52.6 Å². The van der Waals surface area contributed by atoms with E-state index in [4.69, 9.17) is 14.6 Å². The Morgan fingerprint density at radius 3 is 2.73 bits per heavy atom. The third-order valence-corrected chi connectivity index (χ3v) is 6.41. The molecule has 2 aromatic rings. The van der Waals surface area contributed by atoms with Gasteiger partial charge in [0.1, 0.15) is 5.75 Å². The fourth-order valence-corrected chi connectivity index (χ4v) is 4.76. The van der Waals surface area contributed by atoms with Gasteiger partial charge in [-0.25, -0.2) is 5.01 Å². The highest BCUT2D eigenvalue weighted by Gasteiger charge is 2.52. The van der Waals surface area contributed by atoms with Gasteiger partial charge in [-0.3, -0.25) is 4.79 Å². The number of fused-ring (bicyclic) bond motifs is 4. The van der Waals surface area contributed by atoms with E-state index in [1.54, 1.807) is 20.1 Å². The lowest BCUT2D eigenvalue weighted by Gasteiger charge is -2.51. The number of nitrogens with zero attached hydrogens (tertiary/aromatic N) is 3. The molecule has 2 aromatic carbocycles. The van der Waals surface area contributed by atoms with Crippen LogP contribution in [-0.2, 0) is 4.79 Å². The van der Waals surface area contributed by atoms with E-state index in [0.717, 1.165) is 29.0 Å². The summed E-state index contributed by atoms with van der Waals surface area (Å²) >= 11 is 0. The van der Waals surface area contributed by atoms with E-state index in [1.807, 2.05) is 35.2 Å². The number of methoxy groups -OCH3 is 1. The minimum absolute atomic E-state index is 0.0774. The fourth-order valence-electron chi connectivity index (χ4n) is 4.76. The molecule has 3 aliphatic heterocycles. The molecule has 7 nitrogen and oxygen atoms in total. The van der Waals surface area contributed by atoms with Gasteiger partial charge in [-0.05, 0) is 24.3 Å². The number of rotatable bonds is 2. The van der Waals surface area contributed by atoms with Crippen LogP contribution in [0.4, 0.5) is 0 Å². The molecule has 0 aliphatic carbocycles. The maximum absolute atomic E-state index is 11.8. The zero-order valence-electron chi connectivity index (χ0n) is 17.2. The number of carbonyl (C=O) groups is 1. The van der Waals surface area contributed by atoms with Crippen molar-refractivity contribution < 1.29 is 19.4 Å². The molecule has 5 rings (SSSR count). The Morgan fingerprint density at radius 2 is 2.00 bits per heavy atom. The lowest BCUT2D eigenvalue weighted by Crippen LogP contribution is -2.59. The number of phenolic OH excluding ortho intramolecular Hbond substituents is 1. The molecule has 1 N–H and O–H groups in total. The van der Waals surface area contributed by atoms with Gasteiger partial charge in [0.25, 0.3) is 0 Å². The number of para-hydroxylation sites is 1. The minimum atomic E-state index is -0.562. The van der Waals surface area contributed by atoms with Crippen LogP contribution in [0.1, 0.15) is 43.4 Å². The van der Waals surface area contributed by atoms with Crippen LogP contribution in [0.2, 0.25) is 0 Å². The number of carbonyl (C=O) groups excluding carboxylic acids is 1. The summed E-state index contributed by atoms with van der Waals surface area (Å²) in [5.74, 6) is 1.54. The average molecular weight is 407 g/mol. The van der Waals surface area contributed by atoms with Crippen LogP contribution in [0.25, 0.3) is 0 Å². The summed E-state index contributed by atoms with van der Waals surface area (Å²) in [5, 5.41) is 17.1. The van der Waals surface area contributed by atoms with Gasteiger partial charge >= 0.3 is 0 Å². The van der Waals surface area contributed by atoms with Crippen molar-refractivity contribution in [3.63, 3.8) is 0 Å². The van der Waals surface area contributed by atoms with Crippen molar-refractivity contribution in [2.45, 2.75) is 38.0 Å². The highest BCUT2D eigenvalue weighted by Crippen LogP contribution is 2.50. The molecule has 0 aromatic heterocycles. The van der Waals surface area contributed by atoms with Gasteiger partial charge in [0.15, 0.2) is 11.5 Å². The molecule has 1 amide bonds.